The molecule has 0 aliphatic carbocycles. The van der Waals surface area contributed by atoms with E-state index in [1.165, 1.54) is 11.1 Å². The minimum Gasteiger partial charge on any atom is -0.454 e. The van der Waals surface area contributed by atoms with Crippen molar-refractivity contribution < 1.29 is 22.7 Å². The van der Waals surface area contributed by atoms with E-state index in [2.05, 4.69) is 34.6 Å². The molecule has 1 heterocycles. The molecule has 1 aliphatic rings. The second kappa shape index (κ2) is 11.6. The third-order valence-corrected chi connectivity index (χ3v) is 6.46. The lowest BCUT2D eigenvalue weighted by molar-refractivity contribution is -0.115. The average molecular weight is 498 g/mol. The Bertz CT molecular complexity index is 1210. The Hall–Kier alpha value is -3.36. The van der Waals surface area contributed by atoms with E-state index in [1.807, 2.05) is 18.2 Å². The molecule has 3 aromatic carbocycles. The third kappa shape index (κ3) is 6.44. The van der Waals surface area contributed by atoms with Crippen molar-refractivity contribution in [3.05, 3.63) is 88.7 Å². The summed E-state index contributed by atoms with van der Waals surface area (Å²) in [4.78, 5) is 14.3. The maximum atomic E-state index is 13.8. The van der Waals surface area contributed by atoms with Crippen LogP contribution in [0.3, 0.4) is 0 Å². The fourth-order valence-electron chi connectivity index (χ4n) is 4.56. The number of likely N-dealkylation sites (N-methyl/N-ethyl adjacent to an activating group) is 1. The number of anilines is 1. The number of rotatable bonds is 8. The number of hydrogen-bond donors (Lipinski definition) is 2. The highest BCUT2D eigenvalue weighted by atomic mass is 19.2. The van der Waals surface area contributed by atoms with Crippen LogP contribution in [0.5, 0.6) is 11.5 Å². The molecule has 0 spiro atoms. The molecule has 1 saturated heterocycles. The van der Waals surface area contributed by atoms with Crippen LogP contribution in [-0.4, -0.2) is 37.5 Å². The summed E-state index contributed by atoms with van der Waals surface area (Å²) < 4.78 is 45.7. The Kier molecular flexibility index (Phi) is 8.28. The van der Waals surface area contributed by atoms with E-state index in [-0.39, 0.29) is 18.2 Å². The number of halogens is 3. The van der Waals surface area contributed by atoms with Gasteiger partial charge in [-0.05, 0) is 86.8 Å². The molecule has 0 atom stereocenters. The number of ether oxygens (including phenoxy) is 1. The van der Waals surface area contributed by atoms with E-state index in [0.29, 0.717) is 23.8 Å². The van der Waals surface area contributed by atoms with E-state index in [1.54, 1.807) is 19.2 Å². The molecule has 1 fully saturated rings. The van der Waals surface area contributed by atoms with Gasteiger partial charge in [-0.3, -0.25) is 9.69 Å². The summed E-state index contributed by atoms with van der Waals surface area (Å²) in [6.45, 7) is 5.04. The van der Waals surface area contributed by atoms with Crippen molar-refractivity contribution >= 4 is 11.6 Å². The maximum Gasteiger partial charge on any atom is 0.238 e. The monoisotopic (exact) mass is 497 g/mol. The van der Waals surface area contributed by atoms with Crippen molar-refractivity contribution in [2.45, 2.75) is 32.2 Å². The molecule has 0 bridgehead atoms. The van der Waals surface area contributed by atoms with Crippen LogP contribution < -0.4 is 15.4 Å². The number of aryl methyl sites for hydroxylation is 1. The Labute approximate surface area is 209 Å². The number of carbonyl (C=O) groups is 1. The zero-order chi connectivity index (χ0) is 25.7. The molecular formula is C28H30F3N3O2. The summed E-state index contributed by atoms with van der Waals surface area (Å²) in [6, 6.07) is 14.4. The number of hydrogen-bond acceptors (Lipinski definition) is 4. The second-order valence-electron chi connectivity index (χ2n) is 9.14. The summed E-state index contributed by atoms with van der Waals surface area (Å²) >= 11 is 0. The van der Waals surface area contributed by atoms with E-state index in [0.717, 1.165) is 43.7 Å². The molecule has 0 radical (unpaired) electrons. The SMILES string of the molecule is CNCC(=O)Nc1ccc(C)c(C2CCN(Cc3ccc(Oc4cc(F)c(F)cc4F)cc3)CC2)c1. The van der Waals surface area contributed by atoms with Gasteiger partial charge in [-0.25, -0.2) is 13.2 Å². The molecule has 190 valence electrons. The van der Waals surface area contributed by atoms with Gasteiger partial charge in [-0.2, -0.15) is 0 Å². The number of likely N-dealkylation sites (tertiary alicyclic amines) is 1. The van der Waals surface area contributed by atoms with Crippen molar-refractivity contribution in [1.29, 1.82) is 0 Å². The molecule has 5 nitrogen and oxygen atoms in total. The van der Waals surface area contributed by atoms with Crippen LogP contribution in [0, 0.1) is 24.4 Å². The normalized spacial score (nSPS) is 14.6. The van der Waals surface area contributed by atoms with Crippen LogP contribution in [0.15, 0.2) is 54.6 Å². The summed E-state index contributed by atoms with van der Waals surface area (Å²) in [7, 11) is 1.74. The van der Waals surface area contributed by atoms with Crippen LogP contribution in [0.1, 0.15) is 35.4 Å². The second-order valence-corrected chi connectivity index (χ2v) is 9.14. The minimum absolute atomic E-state index is 0.0616. The molecular weight excluding hydrogens is 467 g/mol. The van der Waals surface area contributed by atoms with Crippen molar-refractivity contribution in [3.8, 4) is 11.5 Å². The number of piperidine rings is 1. The van der Waals surface area contributed by atoms with Gasteiger partial charge in [0.05, 0.1) is 6.54 Å². The number of carbonyl (C=O) groups excluding carboxylic acids is 1. The van der Waals surface area contributed by atoms with Crippen LogP contribution in [0.4, 0.5) is 18.9 Å². The Morgan fingerprint density at radius 3 is 2.36 bits per heavy atom. The first-order valence-electron chi connectivity index (χ1n) is 12.0. The number of nitrogens with one attached hydrogen (secondary N) is 2. The number of amides is 1. The minimum atomic E-state index is -1.25. The highest BCUT2D eigenvalue weighted by molar-refractivity contribution is 5.92. The van der Waals surface area contributed by atoms with E-state index in [9.17, 15) is 18.0 Å². The summed E-state index contributed by atoms with van der Waals surface area (Å²) in [5.41, 5.74) is 4.41. The molecule has 0 unspecified atom stereocenters. The molecule has 8 heteroatoms. The van der Waals surface area contributed by atoms with Gasteiger partial charge in [0.1, 0.15) is 5.75 Å². The van der Waals surface area contributed by atoms with E-state index in [4.69, 9.17) is 4.74 Å². The Morgan fingerprint density at radius 1 is 0.972 bits per heavy atom. The predicted octanol–water partition coefficient (Wildman–Crippen LogP) is 5.74. The number of benzene rings is 3. The Balaban J connectivity index is 1.32. The fraction of sp³-hybridized carbons (Fsp3) is 0.321. The third-order valence-electron chi connectivity index (χ3n) is 6.46. The lowest BCUT2D eigenvalue weighted by Crippen LogP contribution is -2.32. The largest absolute Gasteiger partial charge is 0.454 e. The summed E-state index contributed by atoms with van der Waals surface area (Å²) in [6.07, 6.45) is 2.04. The van der Waals surface area contributed by atoms with Gasteiger partial charge in [0, 0.05) is 24.4 Å². The zero-order valence-corrected chi connectivity index (χ0v) is 20.4. The lowest BCUT2D eigenvalue weighted by atomic mass is 9.86. The molecule has 0 saturated carbocycles. The zero-order valence-electron chi connectivity index (χ0n) is 20.4. The highest BCUT2D eigenvalue weighted by Crippen LogP contribution is 2.33. The maximum absolute atomic E-state index is 13.8. The molecule has 3 aromatic rings. The summed E-state index contributed by atoms with van der Waals surface area (Å²) in [5.74, 6) is -3.01. The first kappa shape index (κ1) is 25.7. The van der Waals surface area contributed by atoms with Crippen LogP contribution in [-0.2, 0) is 11.3 Å². The molecule has 4 rings (SSSR count). The highest BCUT2D eigenvalue weighted by Gasteiger charge is 2.22. The molecule has 1 aliphatic heterocycles. The molecule has 0 aromatic heterocycles. The van der Waals surface area contributed by atoms with Crippen molar-refractivity contribution in [1.82, 2.24) is 10.2 Å². The van der Waals surface area contributed by atoms with Crippen LogP contribution >= 0.6 is 0 Å². The first-order valence-corrected chi connectivity index (χ1v) is 12.0. The van der Waals surface area contributed by atoms with E-state index < -0.39 is 17.5 Å². The molecule has 1 amide bonds. The van der Waals surface area contributed by atoms with Gasteiger partial charge < -0.3 is 15.4 Å². The first-order chi connectivity index (χ1) is 17.3. The van der Waals surface area contributed by atoms with Gasteiger partial charge >= 0.3 is 0 Å². The predicted molar refractivity (Wildman–Crippen MR) is 134 cm³/mol. The molecule has 36 heavy (non-hydrogen) atoms. The van der Waals surface area contributed by atoms with Gasteiger partial charge in [0.15, 0.2) is 23.2 Å². The molecule has 2 N–H and O–H groups in total. The smallest absolute Gasteiger partial charge is 0.238 e. The van der Waals surface area contributed by atoms with Crippen molar-refractivity contribution in [2.75, 3.05) is 32.0 Å². The fourth-order valence-corrected chi connectivity index (χ4v) is 4.56. The standard InChI is InChI=1S/C28H30F3N3O2/c1-18-3-6-21(33-28(35)16-32-2)13-23(18)20-9-11-34(12-10-20)17-19-4-7-22(8-5-19)36-27-15-25(30)24(29)14-26(27)31/h3-8,13-15,20,32H,9-12,16-17H2,1-2H3,(H,33,35). The van der Waals surface area contributed by atoms with Gasteiger partial charge in [-0.15, -0.1) is 0 Å². The van der Waals surface area contributed by atoms with Crippen LogP contribution in [0.2, 0.25) is 0 Å². The number of nitrogens with zero attached hydrogens (tertiary/aromatic N) is 1. The quantitative estimate of drug-likeness (QED) is 0.390. The summed E-state index contributed by atoms with van der Waals surface area (Å²) in [5, 5.41) is 5.80. The Morgan fingerprint density at radius 2 is 1.67 bits per heavy atom. The lowest BCUT2D eigenvalue weighted by Gasteiger charge is -2.33. The van der Waals surface area contributed by atoms with Crippen molar-refractivity contribution in [2.24, 2.45) is 0 Å². The van der Waals surface area contributed by atoms with Crippen molar-refractivity contribution in [3.63, 3.8) is 0 Å². The topological polar surface area (TPSA) is 53.6 Å². The van der Waals surface area contributed by atoms with Gasteiger partial charge in [0.25, 0.3) is 0 Å². The van der Waals surface area contributed by atoms with Gasteiger partial charge in [-0.1, -0.05) is 18.2 Å². The average Bonchev–Trinajstić information content (AvgIpc) is 2.85. The van der Waals surface area contributed by atoms with Gasteiger partial charge in [0.2, 0.25) is 5.91 Å². The van der Waals surface area contributed by atoms with E-state index >= 15 is 0 Å². The van der Waals surface area contributed by atoms with Crippen LogP contribution in [0.25, 0.3) is 0 Å².